The zero-order valence-corrected chi connectivity index (χ0v) is 26.5. The number of phenols is 8. The lowest BCUT2D eigenvalue weighted by Gasteiger charge is -2.24. The van der Waals surface area contributed by atoms with Gasteiger partial charge in [-0.3, -0.25) is 0 Å². The van der Waals surface area contributed by atoms with Crippen LogP contribution in [0, 0.1) is 6.92 Å². The molecule has 0 aromatic heterocycles. The Hall–Kier alpha value is -6.00. The largest absolute Gasteiger partial charge is 0.510 e. The lowest BCUT2D eigenvalue weighted by atomic mass is 9.82. The standard InChI is InChI=1S/C39H36O10/c1-19-25-18-24(10-20-2-6-29(40)33(44)14-20)38(48)27(12-22-4-8-31(42)35(46)16-22)37(25)28(13-23-5-9-32(43)36(47)17-23)39(49)26(19)11-21-3-7-30(41)34(45)15-21/h2-9,14,16-18,34,40-49H,10-13,15H2,1H3. The number of aromatic hydroxyl groups is 8. The Bertz CT molecular complexity index is 2180. The summed E-state index contributed by atoms with van der Waals surface area (Å²) in [4.78, 5) is 0. The quantitative estimate of drug-likeness (QED) is 0.0846. The number of hydrogen-bond donors (Lipinski definition) is 10. The summed E-state index contributed by atoms with van der Waals surface area (Å²) in [5.74, 6) is -2.24. The van der Waals surface area contributed by atoms with Crippen LogP contribution in [0.2, 0.25) is 0 Å². The van der Waals surface area contributed by atoms with Crippen molar-refractivity contribution < 1.29 is 51.1 Å². The van der Waals surface area contributed by atoms with Gasteiger partial charge in [-0.15, -0.1) is 0 Å². The molecule has 252 valence electrons. The van der Waals surface area contributed by atoms with Gasteiger partial charge in [-0.25, -0.2) is 0 Å². The van der Waals surface area contributed by atoms with Crippen molar-refractivity contribution in [3.05, 3.63) is 129 Å². The molecule has 10 heteroatoms. The Kier molecular flexibility index (Phi) is 8.66. The van der Waals surface area contributed by atoms with Gasteiger partial charge < -0.3 is 51.1 Å². The monoisotopic (exact) mass is 664 g/mol. The topological polar surface area (TPSA) is 202 Å². The van der Waals surface area contributed by atoms with Crippen molar-refractivity contribution in [2.45, 2.75) is 45.1 Å². The highest BCUT2D eigenvalue weighted by atomic mass is 16.3. The Morgan fingerprint density at radius 3 is 1.51 bits per heavy atom. The van der Waals surface area contributed by atoms with Crippen LogP contribution in [0.3, 0.4) is 0 Å². The number of phenolic OH excluding ortho intramolecular Hbond substituents is 8. The second-order valence-corrected chi connectivity index (χ2v) is 12.5. The number of rotatable bonds is 8. The molecule has 0 bridgehead atoms. The van der Waals surface area contributed by atoms with E-state index in [1.54, 1.807) is 30.3 Å². The van der Waals surface area contributed by atoms with Gasteiger partial charge in [0.25, 0.3) is 0 Å². The fourth-order valence-corrected chi connectivity index (χ4v) is 6.52. The number of hydrogen-bond acceptors (Lipinski definition) is 10. The molecule has 0 fully saturated rings. The Morgan fingerprint density at radius 2 is 1.02 bits per heavy atom. The van der Waals surface area contributed by atoms with E-state index in [4.69, 9.17) is 0 Å². The zero-order chi connectivity index (χ0) is 35.1. The highest BCUT2D eigenvalue weighted by Crippen LogP contribution is 2.45. The lowest BCUT2D eigenvalue weighted by molar-refractivity contribution is 0.150. The van der Waals surface area contributed by atoms with Crippen LogP contribution in [0.15, 0.2) is 84.1 Å². The van der Waals surface area contributed by atoms with Crippen LogP contribution in [0.25, 0.3) is 10.8 Å². The molecule has 10 N–H and O–H groups in total. The average Bonchev–Trinajstić information content (AvgIpc) is 3.06. The predicted octanol–water partition coefficient (Wildman–Crippen LogP) is 6.24. The zero-order valence-electron chi connectivity index (χ0n) is 26.5. The molecule has 5 aromatic rings. The first-order valence-electron chi connectivity index (χ1n) is 15.6. The molecule has 49 heavy (non-hydrogen) atoms. The number of aliphatic hydroxyl groups is 2. The highest BCUT2D eigenvalue weighted by molar-refractivity contribution is 5.97. The average molecular weight is 665 g/mol. The number of allylic oxidation sites excluding steroid dienone is 2. The summed E-state index contributed by atoms with van der Waals surface area (Å²) in [7, 11) is 0. The van der Waals surface area contributed by atoms with Crippen molar-refractivity contribution in [1.29, 1.82) is 0 Å². The van der Waals surface area contributed by atoms with Gasteiger partial charge in [0.2, 0.25) is 0 Å². The molecule has 1 unspecified atom stereocenters. The molecule has 0 spiro atoms. The molecule has 0 amide bonds. The smallest absolute Gasteiger partial charge is 0.157 e. The summed E-state index contributed by atoms with van der Waals surface area (Å²) in [5.41, 5.74) is 4.99. The van der Waals surface area contributed by atoms with Gasteiger partial charge in [-0.2, -0.15) is 0 Å². The first-order valence-corrected chi connectivity index (χ1v) is 15.6. The Labute approximate surface area is 281 Å². The van der Waals surface area contributed by atoms with Crippen LogP contribution >= 0.6 is 0 Å². The number of aryl methyl sites for hydroxylation is 1. The first-order chi connectivity index (χ1) is 23.3. The number of fused-ring (bicyclic) bond motifs is 1. The van der Waals surface area contributed by atoms with Crippen molar-refractivity contribution >= 4 is 10.8 Å². The molecule has 0 radical (unpaired) electrons. The van der Waals surface area contributed by atoms with E-state index < -0.39 is 6.10 Å². The minimum Gasteiger partial charge on any atom is -0.510 e. The Morgan fingerprint density at radius 1 is 0.531 bits per heavy atom. The molecule has 1 aliphatic rings. The SMILES string of the molecule is Cc1c(CC2=CC=C(O)C(O)C2)c(O)c(Cc2ccc(O)c(O)c2)c2c(Cc3ccc(O)c(O)c3)c(O)c(Cc3ccc(O)c(O)c3)cc12. The second-order valence-electron chi connectivity index (χ2n) is 12.5. The van der Waals surface area contributed by atoms with Gasteiger partial charge in [0.15, 0.2) is 34.5 Å². The molecule has 10 nitrogen and oxygen atoms in total. The van der Waals surface area contributed by atoms with Crippen LogP contribution in [-0.2, 0) is 25.7 Å². The fraction of sp³-hybridized carbons (Fsp3) is 0.179. The third-order valence-electron chi connectivity index (χ3n) is 9.18. The second kappa shape index (κ2) is 12.9. The third-order valence-corrected chi connectivity index (χ3v) is 9.18. The maximum absolute atomic E-state index is 12.1. The summed E-state index contributed by atoms with van der Waals surface area (Å²) in [6, 6.07) is 14.8. The van der Waals surface area contributed by atoms with Gasteiger partial charge in [0.05, 0.1) is 0 Å². The van der Waals surface area contributed by atoms with E-state index >= 15 is 0 Å². The molecular formula is C39H36O10. The summed E-state index contributed by atoms with van der Waals surface area (Å²) in [5, 5.41) is 106. The minimum atomic E-state index is -1.08. The van der Waals surface area contributed by atoms with E-state index in [-0.39, 0.29) is 83.9 Å². The minimum absolute atomic E-state index is 0.0678. The van der Waals surface area contributed by atoms with Crippen LogP contribution < -0.4 is 0 Å². The molecular weight excluding hydrogens is 628 g/mol. The highest BCUT2D eigenvalue weighted by Gasteiger charge is 2.26. The summed E-state index contributed by atoms with van der Waals surface area (Å²) >= 11 is 0. The molecule has 5 aromatic carbocycles. The maximum Gasteiger partial charge on any atom is 0.157 e. The molecule has 0 saturated heterocycles. The summed E-state index contributed by atoms with van der Waals surface area (Å²) in [6.07, 6.45) is 2.72. The molecule has 0 aliphatic heterocycles. The van der Waals surface area contributed by atoms with E-state index in [9.17, 15) is 51.1 Å². The number of benzene rings is 5. The summed E-state index contributed by atoms with van der Waals surface area (Å²) < 4.78 is 0. The number of aliphatic hydroxyl groups excluding tert-OH is 2. The van der Waals surface area contributed by atoms with Gasteiger partial charge in [-0.05, 0) is 100 Å². The van der Waals surface area contributed by atoms with Crippen LogP contribution in [0.5, 0.6) is 46.0 Å². The molecule has 1 atom stereocenters. The lowest BCUT2D eigenvalue weighted by Crippen LogP contribution is -2.15. The maximum atomic E-state index is 12.1. The molecule has 6 rings (SSSR count). The molecule has 0 saturated carbocycles. The van der Waals surface area contributed by atoms with E-state index in [1.165, 1.54) is 42.5 Å². The Balaban J connectivity index is 1.63. The molecule has 1 aliphatic carbocycles. The van der Waals surface area contributed by atoms with E-state index in [0.29, 0.717) is 55.3 Å². The van der Waals surface area contributed by atoms with Gasteiger partial charge in [-0.1, -0.05) is 29.8 Å². The van der Waals surface area contributed by atoms with Crippen molar-refractivity contribution in [1.82, 2.24) is 0 Å². The van der Waals surface area contributed by atoms with E-state index in [0.717, 1.165) is 5.57 Å². The predicted molar refractivity (Wildman–Crippen MR) is 183 cm³/mol. The fourth-order valence-electron chi connectivity index (χ4n) is 6.52. The van der Waals surface area contributed by atoms with Crippen LogP contribution in [-0.4, -0.2) is 57.2 Å². The van der Waals surface area contributed by atoms with E-state index in [1.807, 2.05) is 6.92 Å². The van der Waals surface area contributed by atoms with Crippen LogP contribution in [0.1, 0.15) is 50.9 Å². The van der Waals surface area contributed by atoms with Crippen molar-refractivity contribution in [2.75, 3.05) is 0 Å². The van der Waals surface area contributed by atoms with Crippen molar-refractivity contribution in [3.63, 3.8) is 0 Å². The van der Waals surface area contributed by atoms with Gasteiger partial charge >= 0.3 is 0 Å². The summed E-state index contributed by atoms with van der Waals surface area (Å²) in [6.45, 7) is 1.84. The van der Waals surface area contributed by atoms with Gasteiger partial charge in [0.1, 0.15) is 23.4 Å². The first kappa shape index (κ1) is 32.9. The van der Waals surface area contributed by atoms with Crippen molar-refractivity contribution in [2.24, 2.45) is 0 Å². The van der Waals surface area contributed by atoms with Gasteiger partial charge in [0, 0.05) is 42.4 Å². The third kappa shape index (κ3) is 6.46. The normalized spacial score (nSPS) is 14.5. The van der Waals surface area contributed by atoms with E-state index in [2.05, 4.69) is 0 Å². The molecule has 0 heterocycles. The van der Waals surface area contributed by atoms with Crippen LogP contribution in [0.4, 0.5) is 0 Å². The van der Waals surface area contributed by atoms with Crippen molar-refractivity contribution in [3.8, 4) is 46.0 Å².